The molecule has 5 N–H and O–H groups in total. The Hall–Kier alpha value is -1.47. The second-order valence-electron chi connectivity index (χ2n) is 16.8. The van der Waals surface area contributed by atoms with E-state index in [4.69, 9.17) is 0 Å². The summed E-state index contributed by atoms with van der Waals surface area (Å²) in [6.07, 6.45) is 53.4. The number of carbonyl (C=O) groups excluding carboxylic acids is 1. The molecule has 0 spiro atoms. The van der Waals surface area contributed by atoms with Gasteiger partial charge in [0, 0.05) is 0 Å². The summed E-state index contributed by atoms with van der Waals surface area (Å²) in [5.74, 6) is -0.599. The van der Waals surface area contributed by atoms with E-state index in [0.29, 0.717) is 19.3 Å². The van der Waals surface area contributed by atoms with Gasteiger partial charge in [0.2, 0.25) is 5.91 Å². The molecule has 0 bridgehead atoms. The van der Waals surface area contributed by atoms with Gasteiger partial charge in [-0.3, -0.25) is 4.79 Å². The topological polar surface area (TPSA) is 110 Å². The van der Waals surface area contributed by atoms with Crippen LogP contribution in [0.25, 0.3) is 0 Å². The summed E-state index contributed by atoms with van der Waals surface area (Å²) in [5, 5.41) is 43.7. The first-order valence-electron chi connectivity index (χ1n) is 24.4. The smallest absolute Gasteiger partial charge is 0.249 e. The maximum Gasteiger partial charge on any atom is 0.249 e. The van der Waals surface area contributed by atoms with Crippen molar-refractivity contribution in [3.05, 3.63) is 36.5 Å². The molecule has 0 saturated carbocycles. The Morgan fingerprint density at radius 2 is 0.750 bits per heavy atom. The normalized spacial score (nSPS) is 14.3. The molecule has 0 aromatic rings. The number of unbranched alkanes of at least 4 members (excludes halogenated alkanes) is 29. The zero-order chi connectivity index (χ0) is 41.0. The molecule has 4 atom stereocenters. The SMILES string of the molecule is CCCCCCCCCCCCCCCC/C=C/CC/C=C/CC/C=C/CCCC(O)C(O)C(CO)NC(=O)C(O)CCCCCCCCCCCCCCC. The average Bonchev–Trinajstić information content (AvgIpc) is 3.20. The van der Waals surface area contributed by atoms with E-state index in [-0.39, 0.29) is 0 Å². The lowest BCUT2D eigenvalue weighted by Gasteiger charge is -2.27. The fourth-order valence-electron chi connectivity index (χ4n) is 7.44. The van der Waals surface area contributed by atoms with Crippen LogP contribution in [0.4, 0.5) is 0 Å². The Morgan fingerprint density at radius 3 is 1.12 bits per heavy atom. The predicted molar refractivity (Wildman–Crippen MR) is 242 cm³/mol. The van der Waals surface area contributed by atoms with Crippen LogP contribution in [0.2, 0.25) is 0 Å². The van der Waals surface area contributed by atoms with Gasteiger partial charge in [-0.05, 0) is 64.2 Å². The van der Waals surface area contributed by atoms with Gasteiger partial charge in [0.05, 0.1) is 18.8 Å². The largest absolute Gasteiger partial charge is 0.394 e. The summed E-state index contributed by atoms with van der Waals surface area (Å²) in [5.41, 5.74) is 0. The summed E-state index contributed by atoms with van der Waals surface area (Å²) >= 11 is 0. The van der Waals surface area contributed by atoms with Gasteiger partial charge < -0.3 is 25.7 Å². The maximum absolute atomic E-state index is 12.5. The van der Waals surface area contributed by atoms with Crippen LogP contribution < -0.4 is 5.32 Å². The Kier molecular flexibility index (Phi) is 43.5. The number of allylic oxidation sites excluding steroid dienone is 6. The van der Waals surface area contributed by atoms with Gasteiger partial charge in [0.25, 0.3) is 0 Å². The number of aliphatic hydroxyl groups is 4. The number of carbonyl (C=O) groups is 1. The summed E-state index contributed by atoms with van der Waals surface area (Å²) in [7, 11) is 0. The van der Waals surface area contributed by atoms with Crippen molar-refractivity contribution in [3.8, 4) is 0 Å². The van der Waals surface area contributed by atoms with E-state index in [2.05, 4.69) is 55.6 Å². The standard InChI is InChI=1S/C50H95NO5/c1-3-5-7-9-11-13-15-17-18-19-20-21-22-23-24-25-26-27-28-29-30-32-33-35-37-39-41-43-47(53)49(55)46(45-52)51-50(56)48(54)44-42-40-38-36-34-31-16-14-12-10-8-6-4-2/h25-26,29-30,35,37,46-49,52-55H,3-24,27-28,31-34,36,38-45H2,1-2H3,(H,51,56)/b26-25+,30-29+,37-35+. The summed E-state index contributed by atoms with van der Waals surface area (Å²) in [6.45, 7) is 4.04. The van der Waals surface area contributed by atoms with Crippen molar-refractivity contribution in [2.75, 3.05) is 6.61 Å². The Balaban J connectivity index is 3.75. The van der Waals surface area contributed by atoms with E-state index in [1.807, 2.05) is 0 Å². The van der Waals surface area contributed by atoms with Gasteiger partial charge in [-0.2, -0.15) is 0 Å². The van der Waals surface area contributed by atoms with Crippen LogP contribution in [0.3, 0.4) is 0 Å². The summed E-state index contributed by atoms with van der Waals surface area (Å²) < 4.78 is 0. The molecule has 0 aromatic heterocycles. The van der Waals surface area contributed by atoms with E-state index in [1.165, 1.54) is 161 Å². The third-order valence-corrected chi connectivity index (χ3v) is 11.3. The van der Waals surface area contributed by atoms with Crippen LogP contribution in [-0.2, 0) is 4.79 Å². The van der Waals surface area contributed by atoms with E-state index >= 15 is 0 Å². The minimum absolute atomic E-state index is 0.361. The molecule has 4 unspecified atom stereocenters. The molecule has 1 amide bonds. The molecular formula is C50H95NO5. The third kappa shape index (κ3) is 38.1. The highest BCUT2D eigenvalue weighted by atomic mass is 16.3. The number of hydrogen-bond donors (Lipinski definition) is 5. The summed E-state index contributed by atoms with van der Waals surface area (Å²) in [6, 6.07) is -1.01. The molecule has 0 aromatic carbocycles. The van der Waals surface area contributed by atoms with Crippen LogP contribution >= 0.6 is 0 Å². The average molecular weight is 790 g/mol. The highest BCUT2D eigenvalue weighted by Crippen LogP contribution is 2.16. The Morgan fingerprint density at radius 1 is 0.429 bits per heavy atom. The molecule has 0 fully saturated rings. The number of amides is 1. The number of nitrogens with one attached hydrogen (secondary N) is 1. The molecule has 0 aliphatic carbocycles. The molecule has 6 nitrogen and oxygen atoms in total. The second kappa shape index (κ2) is 44.6. The fraction of sp³-hybridized carbons (Fsp3) is 0.860. The van der Waals surface area contributed by atoms with Crippen molar-refractivity contribution in [3.63, 3.8) is 0 Å². The van der Waals surface area contributed by atoms with Crippen molar-refractivity contribution in [1.29, 1.82) is 0 Å². The lowest BCUT2D eigenvalue weighted by molar-refractivity contribution is -0.132. The second-order valence-corrected chi connectivity index (χ2v) is 16.8. The van der Waals surface area contributed by atoms with Crippen LogP contribution in [0.5, 0.6) is 0 Å². The minimum atomic E-state index is -1.29. The first kappa shape index (κ1) is 54.5. The maximum atomic E-state index is 12.5. The lowest BCUT2D eigenvalue weighted by atomic mass is 10.00. The number of aliphatic hydroxyl groups excluding tert-OH is 4. The van der Waals surface area contributed by atoms with E-state index in [9.17, 15) is 25.2 Å². The highest BCUT2D eigenvalue weighted by Gasteiger charge is 2.28. The highest BCUT2D eigenvalue weighted by molar-refractivity contribution is 5.80. The Labute approximate surface area is 347 Å². The fourth-order valence-corrected chi connectivity index (χ4v) is 7.44. The zero-order valence-electron chi connectivity index (χ0n) is 37.1. The molecular weight excluding hydrogens is 695 g/mol. The van der Waals surface area contributed by atoms with Crippen molar-refractivity contribution < 1.29 is 25.2 Å². The Bertz CT molecular complexity index is 889. The van der Waals surface area contributed by atoms with Crippen LogP contribution in [0.1, 0.15) is 245 Å². The molecule has 0 radical (unpaired) electrons. The molecule has 56 heavy (non-hydrogen) atoms. The molecule has 0 rings (SSSR count). The van der Waals surface area contributed by atoms with Crippen molar-refractivity contribution >= 4 is 5.91 Å². The molecule has 6 heteroatoms. The van der Waals surface area contributed by atoms with Gasteiger partial charge >= 0.3 is 0 Å². The zero-order valence-corrected chi connectivity index (χ0v) is 37.1. The molecule has 0 aliphatic rings. The summed E-state index contributed by atoms with van der Waals surface area (Å²) in [4.78, 5) is 12.5. The van der Waals surface area contributed by atoms with Crippen molar-refractivity contribution in [2.45, 2.75) is 269 Å². The number of rotatable bonds is 44. The minimum Gasteiger partial charge on any atom is -0.394 e. The van der Waals surface area contributed by atoms with Gasteiger partial charge in [0.15, 0.2) is 0 Å². The van der Waals surface area contributed by atoms with Crippen LogP contribution in [-0.4, -0.2) is 57.3 Å². The molecule has 0 aliphatic heterocycles. The lowest BCUT2D eigenvalue weighted by Crippen LogP contribution is -2.53. The molecule has 0 saturated heterocycles. The molecule has 330 valence electrons. The first-order valence-corrected chi connectivity index (χ1v) is 24.4. The number of hydrogen-bond acceptors (Lipinski definition) is 5. The first-order chi connectivity index (χ1) is 27.5. The van der Waals surface area contributed by atoms with Gasteiger partial charge in [-0.15, -0.1) is 0 Å². The molecule has 0 heterocycles. The monoisotopic (exact) mass is 790 g/mol. The van der Waals surface area contributed by atoms with Crippen molar-refractivity contribution in [2.24, 2.45) is 0 Å². The van der Waals surface area contributed by atoms with E-state index in [0.717, 1.165) is 51.4 Å². The van der Waals surface area contributed by atoms with E-state index in [1.54, 1.807) is 0 Å². The van der Waals surface area contributed by atoms with Crippen LogP contribution in [0, 0.1) is 0 Å². The third-order valence-electron chi connectivity index (χ3n) is 11.3. The van der Waals surface area contributed by atoms with Gasteiger partial charge in [-0.25, -0.2) is 0 Å². The van der Waals surface area contributed by atoms with Gasteiger partial charge in [-0.1, -0.05) is 217 Å². The predicted octanol–water partition coefficient (Wildman–Crippen LogP) is 13.3. The van der Waals surface area contributed by atoms with Crippen LogP contribution in [0.15, 0.2) is 36.5 Å². The van der Waals surface area contributed by atoms with Crippen molar-refractivity contribution in [1.82, 2.24) is 5.32 Å². The quantitative estimate of drug-likeness (QED) is 0.0312. The van der Waals surface area contributed by atoms with Gasteiger partial charge in [0.1, 0.15) is 12.2 Å². The van der Waals surface area contributed by atoms with E-state index < -0.39 is 36.9 Å².